The van der Waals surface area contributed by atoms with Gasteiger partial charge in [0.05, 0.1) is 35.1 Å². The van der Waals surface area contributed by atoms with Crippen LogP contribution in [0.2, 0.25) is 0 Å². The molecule has 7 nitrogen and oxygen atoms in total. The number of hydrogen-bond donors (Lipinski definition) is 0. The number of esters is 1. The Bertz CT molecular complexity index is 2150. The molecule has 3 aromatic carbocycles. The summed E-state index contributed by atoms with van der Waals surface area (Å²) in [5.74, 6) is -0.209. The van der Waals surface area contributed by atoms with Crippen LogP contribution in [0.4, 0.5) is 4.39 Å². The average molecular weight is 624 g/mol. The highest BCUT2D eigenvalue weighted by atomic mass is 32.1. The van der Waals surface area contributed by atoms with E-state index in [2.05, 4.69) is 4.57 Å². The second-order valence-corrected chi connectivity index (χ2v) is 12.2. The molecule has 1 atom stereocenters. The van der Waals surface area contributed by atoms with E-state index in [4.69, 9.17) is 14.5 Å². The Balaban J connectivity index is 1.57. The molecule has 230 valence electrons. The van der Waals surface area contributed by atoms with E-state index in [1.807, 2.05) is 81.4 Å². The molecule has 0 fully saturated rings. The molecule has 1 aliphatic rings. The Morgan fingerprint density at radius 2 is 1.76 bits per heavy atom. The number of rotatable bonds is 8. The number of thiazole rings is 1. The number of carbonyl (C=O) groups is 1. The lowest BCUT2D eigenvalue weighted by molar-refractivity contribution is -0.139. The maximum Gasteiger partial charge on any atom is 0.338 e. The standard InChI is InChI=1S/C36H34FN3O4S/c1-6-43-35(42)32-22(4)38-36-40(33(32)26-15-9-12-18-30(26)44-21(2)3)34(41)31(45-36)19-27-23(5)39(29-17-11-8-14-25(27)29)20-24-13-7-10-16-28(24)37/h7-19,21,33H,6,20H2,1-5H3/b31-19-/t33-/m1/s1. The first-order valence-electron chi connectivity index (χ1n) is 15.0. The van der Waals surface area contributed by atoms with E-state index in [1.54, 1.807) is 30.5 Å². The molecule has 0 saturated heterocycles. The van der Waals surface area contributed by atoms with Gasteiger partial charge in [-0.2, -0.15) is 0 Å². The quantitative estimate of drug-likeness (QED) is 0.198. The zero-order valence-corrected chi connectivity index (χ0v) is 26.7. The molecule has 45 heavy (non-hydrogen) atoms. The summed E-state index contributed by atoms with van der Waals surface area (Å²) < 4.78 is 30.4. The molecule has 0 unspecified atom stereocenters. The fraction of sp³-hybridized carbons (Fsp3) is 0.250. The Morgan fingerprint density at radius 3 is 2.51 bits per heavy atom. The minimum absolute atomic E-state index is 0.122. The van der Waals surface area contributed by atoms with Gasteiger partial charge >= 0.3 is 5.97 Å². The predicted molar refractivity (Wildman–Crippen MR) is 175 cm³/mol. The number of para-hydroxylation sites is 2. The number of hydrogen-bond acceptors (Lipinski definition) is 6. The second kappa shape index (κ2) is 12.3. The fourth-order valence-corrected chi connectivity index (χ4v) is 6.95. The second-order valence-electron chi connectivity index (χ2n) is 11.2. The summed E-state index contributed by atoms with van der Waals surface area (Å²) in [6.45, 7) is 9.90. The average Bonchev–Trinajstić information content (AvgIpc) is 3.46. The highest BCUT2D eigenvalue weighted by Gasteiger charge is 2.35. The van der Waals surface area contributed by atoms with Crippen molar-refractivity contribution in [2.75, 3.05) is 6.61 Å². The zero-order valence-electron chi connectivity index (χ0n) is 25.8. The van der Waals surface area contributed by atoms with Gasteiger partial charge in [0, 0.05) is 33.3 Å². The van der Waals surface area contributed by atoms with Crippen LogP contribution in [0, 0.1) is 12.7 Å². The van der Waals surface area contributed by atoms with E-state index in [1.165, 1.54) is 17.4 Å². The molecular formula is C36H34FN3O4S. The van der Waals surface area contributed by atoms with Crippen molar-refractivity contribution in [3.05, 3.63) is 132 Å². The highest BCUT2D eigenvalue weighted by molar-refractivity contribution is 7.07. The normalized spacial score (nSPS) is 15.0. The molecule has 9 heteroatoms. The third kappa shape index (κ3) is 5.53. The van der Waals surface area contributed by atoms with Crippen LogP contribution < -0.4 is 19.6 Å². The Morgan fingerprint density at radius 1 is 1.04 bits per heavy atom. The molecule has 0 spiro atoms. The first-order chi connectivity index (χ1) is 21.7. The van der Waals surface area contributed by atoms with Gasteiger partial charge in [-0.25, -0.2) is 14.2 Å². The number of nitrogens with zero attached hydrogens (tertiary/aromatic N) is 3. The minimum atomic E-state index is -0.791. The molecule has 3 heterocycles. The van der Waals surface area contributed by atoms with Crippen molar-refractivity contribution in [2.45, 2.75) is 53.3 Å². The van der Waals surface area contributed by atoms with Crippen LogP contribution in [0.15, 0.2) is 93.9 Å². The molecule has 1 aliphatic heterocycles. The van der Waals surface area contributed by atoms with Crippen molar-refractivity contribution in [3.63, 3.8) is 0 Å². The highest BCUT2D eigenvalue weighted by Crippen LogP contribution is 2.36. The lowest BCUT2D eigenvalue weighted by Crippen LogP contribution is -2.40. The van der Waals surface area contributed by atoms with E-state index >= 15 is 0 Å². The lowest BCUT2D eigenvalue weighted by Gasteiger charge is -2.26. The summed E-state index contributed by atoms with van der Waals surface area (Å²) in [5, 5.41) is 0.952. The number of fused-ring (bicyclic) bond motifs is 2. The van der Waals surface area contributed by atoms with Crippen molar-refractivity contribution in [3.8, 4) is 5.75 Å². The van der Waals surface area contributed by atoms with Crippen molar-refractivity contribution in [2.24, 2.45) is 4.99 Å². The van der Waals surface area contributed by atoms with Gasteiger partial charge in [0.2, 0.25) is 0 Å². The van der Waals surface area contributed by atoms with Gasteiger partial charge < -0.3 is 14.0 Å². The van der Waals surface area contributed by atoms with Gasteiger partial charge in [-0.1, -0.05) is 65.9 Å². The maximum atomic E-state index is 14.7. The van der Waals surface area contributed by atoms with Gasteiger partial charge in [0.15, 0.2) is 4.80 Å². The summed E-state index contributed by atoms with van der Waals surface area (Å²) in [7, 11) is 0. The predicted octanol–water partition coefficient (Wildman–Crippen LogP) is 6.04. The first kappa shape index (κ1) is 30.3. The van der Waals surface area contributed by atoms with Crippen LogP contribution in [0.1, 0.15) is 56.1 Å². The van der Waals surface area contributed by atoms with Crippen LogP contribution in [-0.4, -0.2) is 27.8 Å². The summed E-state index contributed by atoms with van der Waals surface area (Å²) in [6, 6.07) is 21.3. The van der Waals surface area contributed by atoms with Crippen LogP contribution in [0.25, 0.3) is 17.0 Å². The number of allylic oxidation sites excluding steroid dienone is 1. The molecule has 6 rings (SSSR count). The van der Waals surface area contributed by atoms with Gasteiger partial charge in [-0.15, -0.1) is 0 Å². The Hall–Kier alpha value is -4.76. The minimum Gasteiger partial charge on any atom is -0.491 e. The number of benzene rings is 3. The third-order valence-electron chi connectivity index (χ3n) is 7.93. The summed E-state index contributed by atoms with van der Waals surface area (Å²) in [5.41, 5.74) is 4.48. The third-order valence-corrected chi connectivity index (χ3v) is 8.92. The molecule has 0 amide bonds. The molecule has 0 radical (unpaired) electrons. The number of halogens is 1. The molecule has 0 saturated carbocycles. The molecule has 5 aromatic rings. The first-order valence-corrected chi connectivity index (χ1v) is 15.8. The van der Waals surface area contributed by atoms with Crippen LogP contribution >= 0.6 is 11.3 Å². The summed E-state index contributed by atoms with van der Waals surface area (Å²) in [4.78, 5) is 33.0. The Labute approximate surface area is 264 Å². The van der Waals surface area contributed by atoms with E-state index in [9.17, 15) is 14.0 Å². The number of aromatic nitrogens is 2. The fourth-order valence-electron chi connectivity index (χ4n) is 5.93. The van der Waals surface area contributed by atoms with Crippen molar-refractivity contribution < 1.29 is 18.7 Å². The zero-order chi connectivity index (χ0) is 31.8. The smallest absolute Gasteiger partial charge is 0.338 e. The molecular weight excluding hydrogens is 589 g/mol. The van der Waals surface area contributed by atoms with Crippen molar-refractivity contribution in [1.82, 2.24) is 9.13 Å². The Kier molecular flexibility index (Phi) is 8.29. The van der Waals surface area contributed by atoms with E-state index in [0.29, 0.717) is 44.0 Å². The monoisotopic (exact) mass is 623 g/mol. The van der Waals surface area contributed by atoms with Crippen molar-refractivity contribution >= 4 is 34.3 Å². The van der Waals surface area contributed by atoms with Gasteiger partial charge in [-0.05, 0) is 58.9 Å². The lowest BCUT2D eigenvalue weighted by atomic mass is 9.95. The van der Waals surface area contributed by atoms with Gasteiger partial charge in [-0.3, -0.25) is 9.36 Å². The van der Waals surface area contributed by atoms with Crippen molar-refractivity contribution in [1.29, 1.82) is 0 Å². The van der Waals surface area contributed by atoms with Gasteiger partial charge in [0.25, 0.3) is 5.56 Å². The summed E-state index contributed by atoms with van der Waals surface area (Å²) >= 11 is 1.27. The summed E-state index contributed by atoms with van der Waals surface area (Å²) in [6.07, 6.45) is 1.76. The SMILES string of the molecule is CCOC(=O)C1=C(C)N=c2s/c(=C\c3c(C)n(Cc4ccccc4F)c4ccccc34)c(=O)n2[C@@H]1c1ccccc1OC(C)C. The van der Waals surface area contributed by atoms with E-state index in [-0.39, 0.29) is 24.1 Å². The molecule has 0 aliphatic carbocycles. The molecule has 2 aromatic heterocycles. The van der Waals surface area contributed by atoms with Crippen LogP contribution in [0.3, 0.4) is 0 Å². The number of carbonyl (C=O) groups excluding carboxylic acids is 1. The van der Waals surface area contributed by atoms with E-state index in [0.717, 1.165) is 22.2 Å². The van der Waals surface area contributed by atoms with Crippen LogP contribution in [-0.2, 0) is 16.1 Å². The number of ether oxygens (including phenoxy) is 2. The maximum absolute atomic E-state index is 14.7. The van der Waals surface area contributed by atoms with Crippen LogP contribution in [0.5, 0.6) is 5.75 Å². The molecule has 0 N–H and O–H groups in total. The van der Waals surface area contributed by atoms with E-state index < -0.39 is 12.0 Å². The topological polar surface area (TPSA) is 74.8 Å². The largest absolute Gasteiger partial charge is 0.491 e. The molecule has 0 bridgehead atoms. The van der Waals surface area contributed by atoms with Gasteiger partial charge in [0.1, 0.15) is 17.6 Å².